The number of hydrogen-bond acceptors (Lipinski definition) is 7. The molecule has 4 rings (SSSR count). The number of aryl methyl sites for hydroxylation is 1. The molecule has 0 fully saturated rings. The zero-order valence-corrected chi connectivity index (χ0v) is 25.5. The van der Waals surface area contributed by atoms with E-state index < -0.39 is 23.7 Å². The lowest BCUT2D eigenvalue weighted by Crippen LogP contribution is -2.45. The molecule has 0 radical (unpaired) electrons. The molecule has 0 spiro atoms. The molecule has 1 aliphatic carbocycles. The fourth-order valence-electron chi connectivity index (χ4n) is 5.30. The van der Waals surface area contributed by atoms with Crippen molar-refractivity contribution in [3.8, 4) is 5.75 Å². The van der Waals surface area contributed by atoms with Gasteiger partial charge in [0.05, 0.1) is 19.2 Å². The van der Waals surface area contributed by atoms with Crippen LogP contribution in [0, 0.1) is 0 Å². The first-order valence-corrected chi connectivity index (χ1v) is 15.2. The van der Waals surface area contributed by atoms with E-state index in [9.17, 15) is 9.59 Å². The summed E-state index contributed by atoms with van der Waals surface area (Å²) in [7, 11) is 1.30. The summed E-state index contributed by atoms with van der Waals surface area (Å²) in [6.07, 6.45) is 8.64. The number of pyridine rings is 1. The second-order valence-electron chi connectivity index (χ2n) is 11.9. The molecule has 2 aromatic carbocycles. The molecule has 0 bridgehead atoms. The molecule has 1 aromatic heterocycles. The number of hydrogen-bond donors (Lipinski definition) is 2. The van der Waals surface area contributed by atoms with Gasteiger partial charge in [-0.2, -0.15) is 0 Å². The minimum atomic E-state index is -0.839. The molecule has 0 saturated carbocycles. The van der Waals surface area contributed by atoms with E-state index >= 15 is 0 Å². The summed E-state index contributed by atoms with van der Waals surface area (Å²) in [5.74, 6) is 0.259. The summed E-state index contributed by atoms with van der Waals surface area (Å²) >= 11 is 0. The Morgan fingerprint density at radius 3 is 2.45 bits per heavy atom. The van der Waals surface area contributed by atoms with E-state index in [1.54, 1.807) is 20.8 Å². The SMILES string of the molecule is COC(=O)[C@H](Cc1ccc(OCCCCCCNc2c3c(nc4ccccc24)CCCC3)cc1)NC(=O)OC(C)(C)C. The number of esters is 1. The van der Waals surface area contributed by atoms with Gasteiger partial charge in [0, 0.05) is 29.7 Å². The molecule has 1 amide bonds. The number of carbonyl (C=O) groups excluding carboxylic acids is 2. The lowest BCUT2D eigenvalue weighted by Gasteiger charge is -2.22. The summed E-state index contributed by atoms with van der Waals surface area (Å²) in [6, 6.07) is 15.2. The number of benzene rings is 2. The van der Waals surface area contributed by atoms with E-state index in [1.807, 2.05) is 24.3 Å². The van der Waals surface area contributed by atoms with Gasteiger partial charge in [0.25, 0.3) is 0 Å². The number of fused-ring (bicyclic) bond motifs is 2. The molecular formula is C34H45N3O5. The number of nitrogens with one attached hydrogen (secondary N) is 2. The van der Waals surface area contributed by atoms with Gasteiger partial charge in [0.2, 0.25) is 0 Å². The number of para-hydroxylation sites is 1. The summed E-state index contributed by atoms with van der Waals surface area (Å²) in [4.78, 5) is 29.3. The molecule has 0 aliphatic heterocycles. The van der Waals surface area contributed by atoms with Gasteiger partial charge < -0.3 is 24.8 Å². The standard InChI is InChI=1S/C34H45N3O5/c1-34(2,3)42-33(39)37-30(32(38)40-4)23-24-17-19-25(20-18-24)41-22-12-6-5-11-21-35-31-26-13-7-9-15-28(26)36-29-16-10-8-14-27(29)31/h7,9,13,15,17-20,30H,5-6,8,10-12,14,16,21-23H2,1-4H3,(H,35,36)(H,37,39)/t30-/m0/s1. The van der Waals surface area contributed by atoms with E-state index in [1.165, 1.54) is 42.3 Å². The number of anilines is 1. The molecule has 0 saturated heterocycles. The zero-order chi connectivity index (χ0) is 30.0. The maximum Gasteiger partial charge on any atom is 0.408 e. The van der Waals surface area contributed by atoms with Crippen LogP contribution in [-0.2, 0) is 33.5 Å². The van der Waals surface area contributed by atoms with Crippen LogP contribution in [-0.4, -0.2) is 49.0 Å². The maximum atomic E-state index is 12.2. The molecule has 1 atom stereocenters. The monoisotopic (exact) mass is 575 g/mol. The van der Waals surface area contributed by atoms with Crippen molar-refractivity contribution in [1.29, 1.82) is 0 Å². The van der Waals surface area contributed by atoms with E-state index in [0.717, 1.165) is 61.9 Å². The number of unbranched alkanes of at least 4 members (excludes halogenated alkanes) is 3. The lowest BCUT2D eigenvalue weighted by atomic mass is 9.92. The van der Waals surface area contributed by atoms with Crippen molar-refractivity contribution in [3.05, 3.63) is 65.4 Å². The Bertz CT molecular complexity index is 1330. The van der Waals surface area contributed by atoms with Crippen molar-refractivity contribution in [2.75, 3.05) is 25.6 Å². The van der Waals surface area contributed by atoms with Gasteiger partial charge in [-0.15, -0.1) is 0 Å². The van der Waals surface area contributed by atoms with Crippen molar-refractivity contribution in [1.82, 2.24) is 10.3 Å². The van der Waals surface area contributed by atoms with Crippen molar-refractivity contribution >= 4 is 28.7 Å². The van der Waals surface area contributed by atoms with Gasteiger partial charge in [-0.3, -0.25) is 4.98 Å². The lowest BCUT2D eigenvalue weighted by molar-refractivity contribution is -0.143. The minimum absolute atomic E-state index is 0.290. The number of methoxy groups -OCH3 is 1. The van der Waals surface area contributed by atoms with Gasteiger partial charge in [0.15, 0.2) is 0 Å². The quantitative estimate of drug-likeness (QED) is 0.171. The Kier molecular flexibility index (Phi) is 11.0. The number of amides is 1. The molecule has 0 unspecified atom stereocenters. The third-order valence-electron chi connectivity index (χ3n) is 7.35. The topological polar surface area (TPSA) is 98.8 Å². The van der Waals surface area contributed by atoms with Crippen LogP contribution in [0.4, 0.5) is 10.5 Å². The molecule has 3 aromatic rings. The van der Waals surface area contributed by atoms with Crippen LogP contribution < -0.4 is 15.4 Å². The smallest absolute Gasteiger partial charge is 0.408 e. The molecule has 226 valence electrons. The van der Waals surface area contributed by atoms with Crippen molar-refractivity contribution in [2.45, 2.75) is 90.2 Å². The normalized spacial score (nSPS) is 13.6. The van der Waals surface area contributed by atoms with Crippen LogP contribution >= 0.6 is 0 Å². The van der Waals surface area contributed by atoms with E-state index in [4.69, 9.17) is 19.2 Å². The third-order valence-corrected chi connectivity index (χ3v) is 7.35. The second kappa shape index (κ2) is 14.9. The van der Waals surface area contributed by atoms with Crippen molar-refractivity contribution in [2.24, 2.45) is 0 Å². The minimum Gasteiger partial charge on any atom is -0.494 e. The van der Waals surface area contributed by atoms with E-state index in [-0.39, 0.29) is 0 Å². The number of alkyl carbamates (subject to hydrolysis) is 1. The molecule has 8 heteroatoms. The van der Waals surface area contributed by atoms with Crippen LogP contribution in [0.5, 0.6) is 5.75 Å². The number of carbonyl (C=O) groups is 2. The molecule has 8 nitrogen and oxygen atoms in total. The fourth-order valence-corrected chi connectivity index (χ4v) is 5.30. The highest BCUT2D eigenvalue weighted by Gasteiger charge is 2.25. The largest absolute Gasteiger partial charge is 0.494 e. The highest BCUT2D eigenvalue weighted by molar-refractivity contribution is 5.93. The van der Waals surface area contributed by atoms with E-state index in [2.05, 4.69) is 34.9 Å². The van der Waals surface area contributed by atoms with Gasteiger partial charge in [0.1, 0.15) is 17.4 Å². The Morgan fingerprint density at radius 1 is 0.952 bits per heavy atom. The fraction of sp³-hybridized carbons (Fsp3) is 0.500. The van der Waals surface area contributed by atoms with Crippen LogP contribution in [0.2, 0.25) is 0 Å². The van der Waals surface area contributed by atoms with Crippen molar-refractivity contribution in [3.63, 3.8) is 0 Å². The van der Waals surface area contributed by atoms with Crippen LogP contribution in [0.15, 0.2) is 48.5 Å². The zero-order valence-electron chi connectivity index (χ0n) is 25.5. The van der Waals surface area contributed by atoms with Gasteiger partial charge in [-0.1, -0.05) is 43.2 Å². The third kappa shape index (κ3) is 9.10. The molecule has 2 N–H and O–H groups in total. The summed E-state index contributed by atoms with van der Waals surface area (Å²) < 4.78 is 16.1. The number of nitrogens with zero attached hydrogens (tertiary/aromatic N) is 1. The predicted molar refractivity (Wildman–Crippen MR) is 166 cm³/mol. The number of ether oxygens (including phenoxy) is 3. The van der Waals surface area contributed by atoms with Crippen LogP contribution in [0.25, 0.3) is 10.9 Å². The molecule has 1 aliphatic rings. The summed E-state index contributed by atoms with van der Waals surface area (Å²) in [5.41, 5.74) is 5.29. The first-order valence-electron chi connectivity index (χ1n) is 15.2. The Balaban J connectivity index is 1.16. The molecular weight excluding hydrogens is 530 g/mol. The Labute approximate surface area is 249 Å². The molecule has 42 heavy (non-hydrogen) atoms. The number of aromatic nitrogens is 1. The molecule has 1 heterocycles. The van der Waals surface area contributed by atoms with E-state index in [0.29, 0.717) is 13.0 Å². The first-order chi connectivity index (χ1) is 20.2. The Morgan fingerprint density at radius 2 is 1.69 bits per heavy atom. The van der Waals surface area contributed by atoms with Crippen LogP contribution in [0.3, 0.4) is 0 Å². The highest BCUT2D eigenvalue weighted by Crippen LogP contribution is 2.33. The van der Waals surface area contributed by atoms with Crippen molar-refractivity contribution < 1.29 is 23.8 Å². The highest BCUT2D eigenvalue weighted by atomic mass is 16.6. The summed E-state index contributed by atoms with van der Waals surface area (Å²) in [5, 5.41) is 7.59. The van der Waals surface area contributed by atoms with Crippen LogP contribution in [0.1, 0.15) is 76.1 Å². The summed E-state index contributed by atoms with van der Waals surface area (Å²) in [6.45, 7) is 6.92. The first kappa shape index (κ1) is 31.1. The van der Waals surface area contributed by atoms with Gasteiger partial charge in [-0.05, 0) is 88.6 Å². The van der Waals surface area contributed by atoms with Gasteiger partial charge >= 0.3 is 12.1 Å². The number of rotatable bonds is 13. The van der Waals surface area contributed by atoms with Gasteiger partial charge in [-0.25, -0.2) is 9.59 Å². The average Bonchev–Trinajstić information content (AvgIpc) is 2.97. The average molecular weight is 576 g/mol. The Hall–Kier alpha value is -3.81. The second-order valence-corrected chi connectivity index (χ2v) is 11.9. The maximum absolute atomic E-state index is 12.2. The predicted octanol–water partition coefficient (Wildman–Crippen LogP) is 6.77.